The number of benzene rings is 2. The van der Waals surface area contributed by atoms with Gasteiger partial charge in [0.25, 0.3) is 5.91 Å². The number of hydrogen-bond donors (Lipinski definition) is 1. The Kier molecular flexibility index (Phi) is 5.62. The minimum atomic E-state index is -0.607. The molecule has 1 amide bonds. The maximum Gasteiger partial charge on any atom is 0.260 e. The van der Waals surface area contributed by atoms with Gasteiger partial charge in [0, 0.05) is 29.4 Å². The van der Waals surface area contributed by atoms with Crippen LogP contribution < -0.4 is 14.8 Å². The number of carbonyl (C=O) groups is 1. The van der Waals surface area contributed by atoms with Gasteiger partial charge in [-0.05, 0) is 37.3 Å². The van der Waals surface area contributed by atoms with Gasteiger partial charge in [0.05, 0.1) is 12.1 Å². The van der Waals surface area contributed by atoms with E-state index in [4.69, 9.17) is 21.1 Å². The van der Waals surface area contributed by atoms with Gasteiger partial charge < -0.3 is 14.8 Å². The van der Waals surface area contributed by atoms with Gasteiger partial charge in [-0.3, -0.25) is 4.79 Å². The van der Waals surface area contributed by atoms with Crippen molar-refractivity contribution >= 4 is 17.5 Å². The highest BCUT2D eigenvalue weighted by Crippen LogP contribution is 2.39. The monoisotopic (exact) mass is 409 g/mol. The van der Waals surface area contributed by atoms with Crippen LogP contribution in [0.1, 0.15) is 12.5 Å². The highest BCUT2D eigenvalue weighted by molar-refractivity contribution is 6.31. The van der Waals surface area contributed by atoms with E-state index in [1.54, 1.807) is 31.5 Å². The van der Waals surface area contributed by atoms with Crippen molar-refractivity contribution in [3.8, 4) is 22.9 Å². The van der Waals surface area contributed by atoms with E-state index in [0.29, 0.717) is 35.3 Å². The van der Waals surface area contributed by atoms with Crippen molar-refractivity contribution in [3.05, 3.63) is 71.5 Å². The second kappa shape index (κ2) is 8.49. The molecule has 2 aromatic carbocycles. The summed E-state index contributed by atoms with van der Waals surface area (Å²) in [6, 6.07) is 14.7. The first-order valence-electron chi connectivity index (χ1n) is 9.36. The second-order valence-corrected chi connectivity index (χ2v) is 7.21. The van der Waals surface area contributed by atoms with Crippen molar-refractivity contribution in [2.45, 2.75) is 25.6 Å². The summed E-state index contributed by atoms with van der Waals surface area (Å²) in [5.41, 5.74) is 1.73. The summed E-state index contributed by atoms with van der Waals surface area (Å²) in [5.74, 6) is 1.73. The van der Waals surface area contributed by atoms with Crippen LogP contribution in [0.5, 0.6) is 11.5 Å². The van der Waals surface area contributed by atoms with E-state index >= 15 is 0 Å². The molecule has 1 aliphatic rings. The van der Waals surface area contributed by atoms with Crippen LogP contribution in [0.15, 0.2) is 60.9 Å². The maximum absolute atomic E-state index is 12.4. The van der Waals surface area contributed by atoms with Crippen molar-refractivity contribution in [2.75, 3.05) is 6.54 Å². The molecule has 0 bridgehead atoms. The Labute approximate surface area is 173 Å². The molecule has 6 nitrogen and oxygen atoms in total. The molecule has 2 unspecified atom stereocenters. The van der Waals surface area contributed by atoms with Gasteiger partial charge in [0.1, 0.15) is 17.6 Å². The first kappa shape index (κ1) is 19.2. The van der Waals surface area contributed by atoms with Crippen molar-refractivity contribution < 1.29 is 14.3 Å². The van der Waals surface area contributed by atoms with Gasteiger partial charge in [-0.15, -0.1) is 0 Å². The lowest BCUT2D eigenvalue weighted by Gasteiger charge is -2.17. The quantitative estimate of drug-likeness (QED) is 0.672. The molecular formula is C22H20ClN3O3. The molecule has 148 valence electrons. The molecule has 0 aliphatic carbocycles. The summed E-state index contributed by atoms with van der Waals surface area (Å²) >= 11 is 6.27. The molecule has 3 aromatic rings. The van der Waals surface area contributed by atoms with Gasteiger partial charge in [-0.1, -0.05) is 29.8 Å². The zero-order valence-electron chi connectivity index (χ0n) is 15.8. The largest absolute Gasteiger partial charge is 0.487 e. The summed E-state index contributed by atoms with van der Waals surface area (Å²) in [5, 5.41) is 3.50. The van der Waals surface area contributed by atoms with Crippen molar-refractivity contribution in [3.63, 3.8) is 0 Å². The van der Waals surface area contributed by atoms with E-state index < -0.39 is 6.10 Å². The predicted molar refractivity (Wildman–Crippen MR) is 110 cm³/mol. The van der Waals surface area contributed by atoms with Crippen LogP contribution in [0.3, 0.4) is 0 Å². The molecule has 29 heavy (non-hydrogen) atoms. The third kappa shape index (κ3) is 4.49. The van der Waals surface area contributed by atoms with E-state index in [-0.39, 0.29) is 12.0 Å². The van der Waals surface area contributed by atoms with Gasteiger partial charge in [0.2, 0.25) is 0 Å². The zero-order valence-corrected chi connectivity index (χ0v) is 16.6. The fourth-order valence-corrected chi connectivity index (χ4v) is 3.47. The van der Waals surface area contributed by atoms with E-state index in [1.807, 2.05) is 36.4 Å². The predicted octanol–water partition coefficient (Wildman–Crippen LogP) is 3.68. The van der Waals surface area contributed by atoms with Crippen LogP contribution in [0.4, 0.5) is 0 Å². The Morgan fingerprint density at radius 1 is 1.24 bits per heavy atom. The molecule has 2 heterocycles. The fraction of sp³-hybridized carbons (Fsp3) is 0.227. The number of hydrogen-bond acceptors (Lipinski definition) is 5. The number of amides is 1. The second-order valence-electron chi connectivity index (χ2n) is 6.78. The molecule has 2 atom stereocenters. The molecule has 0 saturated heterocycles. The van der Waals surface area contributed by atoms with Gasteiger partial charge in [0.15, 0.2) is 11.9 Å². The number of rotatable bonds is 6. The third-order valence-corrected chi connectivity index (χ3v) is 4.82. The van der Waals surface area contributed by atoms with E-state index in [1.165, 1.54) is 0 Å². The van der Waals surface area contributed by atoms with E-state index in [0.717, 1.165) is 11.1 Å². The van der Waals surface area contributed by atoms with E-state index in [9.17, 15) is 4.79 Å². The van der Waals surface area contributed by atoms with Gasteiger partial charge in [-0.25, -0.2) is 9.97 Å². The average molecular weight is 410 g/mol. The molecule has 1 aliphatic heterocycles. The number of fused-ring (bicyclic) bond motifs is 1. The Morgan fingerprint density at radius 3 is 2.76 bits per heavy atom. The van der Waals surface area contributed by atoms with Crippen LogP contribution in [0.25, 0.3) is 11.4 Å². The number of halogens is 1. The summed E-state index contributed by atoms with van der Waals surface area (Å²) < 4.78 is 11.8. The lowest BCUT2D eigenvalue weighted by Crippen LogP contribution is -2.41. The first-order chi connectivity index (χ1) is 14.1. The molecule has 0 fully saturated rings. The minimum Gasteiger partial charge on any atom is -0.487 e. The number of nitrogens with zero attached hydrogens (tertiary/aromatic N) is 2. The maximum atomic E-state index is 12.4. The standard InChI is InChI=1S/C22H20ClN3O3/c1-14(28-17-6-3-2-4-7-17)22(27)26-13-18-11-15-10-16(23)12-19(20(15)29-18)21-24-8-5-9-25-21/h2-10,12,14,18H,11,13H2,1H3,(H,26,27). The fourth-order valence-electron chi connectivity index (χ4n) is 3.23. The lowest BCUT2D eigenvalue weighted by molar-refractivity contribution is -0.127. The summed E-state index contributed by atoms with van der Waals surface area (Å²) in [6.07, 6.45) is 3.19. The number of ether oxygens (including phenoxy) is 2. The molecular weight excluding hydrogens is 390 g/mol. The van der Waals surface area contributed by atoms with Crippen LogP contribution in [0.2, 0.25) is 5.02 Å². The Morgan fingerprint density at radius 2 is 2.00 bits per heavy atom. The topological polar surface area (TPSA) is 73.3 Å². The molecule has 7 heteroatoms. The molecule has 0 spiro atoms. The SMILES string of the molecule is CC(Oc1ccccc1)C(=O)NCC1Cc2cc(Cl)cc(-c3ncccn3)c2O1. The number of nitrogens with one attached hydrogen (secondary N) is 1. The summed E-state index contributed by atoms with van der Waals surface area (Å²) in [4.78, 5) is 21.0. The van der Waals surface area contributed by atoms with E-state index in [2.05, 4.69) is 15.3 Å². The normalized spacial score (nSPS) is 15.9. The number of aromatic nitrogens is 2. The van der Waals surface area contributed by atoms with Crippen LogP contribution in [-0.4, -0.2) is 34.6 Å². The van der Waals surface area contributed by atoms with Crippen LogP contribution in [0, 0.1) is 0 Å². The number of para-hydroxylation sites is 1. The van der Waals surface area contributed by atoms with Crippen molar-refractivity contribution in [1.29, 1.82) is 0 Å². The summed E-state index contributed by atoms with van der Waals surface area (Å²) in [7, 11) is 0. The smallest absolute Gasteiger partial charge is 0.260 e. The van der Waals surface area contributed by atoms with Crippen LogP contribution >= 0.6 is 11.6 Å². The zero-order chi connectivity index (χ0) is 20.2. The minimum absolute atomic E-state index is 0.196. The summed E-state index contributed by atoms with van der Waals surface area (Å²) in [6.45, 7) is 2.08. The molecule has 0 saturated carbocycles. The average Bonchev–Trinajstić information content (AvgIpc) is 3.15. The number of carbonyl (C=O) groups excluding carboxylic acids is 1. The van der Waals surface area contributed by atoms with Gasteiger partial charge in [-0.2, -0.15) is 0 Å². The Bertz CT molecular complexity index is 999. The first-order valence-corrected chi connectivity index (χ1v) is 9.74. The van der Waals surface area contributed by atoms with Gasteiger partial charge >= 0.3 is 0 Å². The van der Waals surface area contributed by atoms with Crippen LogP contribution in [-0.2, 0) is 11.2 Å². The third-order valence-electron chi connectivity index (χ3n) is 4.60. The Hall–Kier alpha value is -3.12. The molecule has 1 N–H and O–H groups in total. The van der Waals surface area contributed by atoms with Crippen molar-refractivity contribution in [2.24, 2.45) is 0 Å². The lowest BCUT2D eigenvalue weighted by atomic mass is 10.1. The molecule has 4 rings (SSSR count). The van der Waals surface area contributed by atoms with Crippen molar-refractivity contribution in [1.82, 2.24) is 15.3 Å². The highest BCUT2D eigenvalue weighted by Gasteiger charge is 2.28. The highest BCUT2D eigenvalue weighted by atomic mass is 35.5. The molecule has 0 radical (unpaired) electrons. The Balaban J connectivity index is 1.39. The molecule has 1 aromatic heterocycles.